The van der Waals surface area contributed by atoms with Gasteiger partial charge in [0.1, 0.15) is 6.04 Å². The van der Waals surface area contributed by atoms with Gasteiger partial charge in [0.05, 0.1) is 0 Å². The molecule has 1 aromatic rings. The molecule has 0 bridgehead atoms. The predicted octanol–water partition coefficient (Wildman–Crippen LogP) is 8.18. The van der Waals surface area contributed by atoms with Crippen LogP contribution in [0.5, 0.6) is 0 Å². The first-order chi connectivity index (χ1) is 17.2. The van der Waals surface area contributed by atoms with Gasteiger partial charge < -0.3 is 10.4 Å². The third kappa shape index (κ3) is 8.92. The number of carbonyl (C=O) groups is 2. The molecule has 0 aliphatic heterocycles. The molecule has 2 saturated carbocycles. The highest BCUT2D eigenvalue weighted by molar-refractivity contribution is 5.87. The van der Waals surface area contributed by atoms with E-state index in [0.29, 0.717) is 12.3 Å². The average molecular weight is 498 g/mol. The number of carboxylic acids is 1. The summed E-state index contributed by atoms with van der Waals surface area (Å²) in [7, 11) is 0. The van der Waals surface area contributed by atoms with Crippen LogP contribution in [0.2, 0.25) is 0 Å². The molecule has 2 fully saturated rings. The van der Waals surface area contributed by atoms with Crippen molar-refractivity contribution in [1.82, 2.24) is 5.32 Å². The Balaban J connectivity index is 1.63. The fourth-order valence-electron chi connectivity index (χ4n) is 6.25. The quantitative estimate of drug-likeness (QED) is 0.380. The molecule has 36 heavy (non-hydrogen) atoms. The molecule has 4 nitrogen and oxygen atoms in total. The zero-order chi connectivity index (χ0) is 26.0. The minimum atomic E-state index is -0.945. The Morgan fingerprint density at radius 3 is 1.92 bits per heavy atom. The molecule has 0 heterocycles. The summed E-state index contributed by atoms with van der Waals surface area (Å²) in [6, 6.07) is 7.72. The predicted molar refractivity (Wildman–Crippen MR) is 148 cm³/mol. The Labute approximate surface area is 220 Å². The Morgan fingerprint density at radius 1 is 0.889 bits per heavy atom. The van der Waals surface area contributed by atoms with Gasteiger partial charge in [0.2, 0.25) is 5.91 Å². The van der Waals surface area contributed by atoms with E-state index in [2.05, 4.69) is 50.4 Å². The molecule has 2 aliphatic rings. The van der Waals surface area contributed by atoms with E-state index in [-0.39, 0.29) is 11.3 Å². The number of hydrogen-bond acceptors (Lipinski definition) is 2. The number of carbonyl (C=O) groups excluding carboxylic acids is 1. The monoisotopic (exact) mass is 497 g/mol. The first kappa shape index (κ1) is 28.7. The summed E-state index contributed by atoms with van der Waals surface area (Å²) >= 11 is 0. The van der Waals surface area contributed by atoms with Crippen LogP contribution in [-0.4, -0.2) is 23.0 Å². The van der Waals surface area contributed by atoms with E-state index in [1.807, 2.05) is 0 Å². The van der Waals surface area contributed by atoms with E-state index in [1.54, 1.807) is 0 Å². The van der Waals surface area contributed by atoms with E-state index in [9.17, 15) is 14.7 Å². The molecule has 2 aliphatic carbocycles. The summed E-state index contributed by atoms with van der Waals surface area (Å²) < 4.78 is 0. The van der Waals surface area contributed by atoms with Crippen LogP contribution >= 0.6 is 0 Å². The first-order valence-electron chi connectivity index (χ1n) is 14.8. The maximum Gasteiger partial charge on any atom is 0.326 e. The van der Waals surface area contributed by atoms with Crippen molar-refractivity contribution < 1.29 is 14.7 Å². The van der Waals surface area contributed by atoms with E-state index in [0.717, 1.165) is 44.1 Å². The van der Waals surface area contributed by atoms with Crippen LogP contribution in [0.25, 0.3) is 0 Å². The summed E-state index contributed by atoms with van der Waals surface area (Å²) in [6.45, 7) is 6.62. The molecule has 1 aromatic carbocycles. The lowest BCUT2D eigenvalue weighted by Gasteiger charge is -2.32. The molecule has 1 atom stereocenters. The Bertz CT molecular complexity index is 805. The zero-order valence-corrected chi connectivity index (χ0v) is 23.2. The highest BCUT2D eigenvalue weighted by Gasteiger charge is 2.42. The second-order valence-corrected chi connectivity index (χ2v) is 13.0. The van der Waals surface area contributed by atoms with Gasteiger partial charge in [-0.15, -0.1) is 0 Å². The number of rotatable bonds is 8. The number of nitrogens with one attached hydrogen (secondary N) is 1. The minimum absolute atomic E-state index is 0.0503. The Morgan fingerprint density at radius 2 is 1.42 bits per heavy atom. The van der Waals surface area contributed by atoms with Gasteiger partial charge in [0, 0.05) is 11.8 Å². The third-order valence-corrected chi connectivity index (χ3v) is 8.75. The van der Waals surface area contributed by atoms with Gasteiger partial charge in [-0.25, -0.2) is 4.79 Å². The molecule has 3 rings (SSSR count). The normalized spacial score (nSPS) is 20.9. The van der Waals surface area contributed by atoms with Crippen LogP contribution in [-0.2, 0) is 16.0 Å². The fraction of sp³-hybridized carbons (Fsp3) is 0.750. The van der Waals surface area contributed by atoms with Gasteiger partial charge in [0.15, 0.2) is 0 Å². The van der Waals surface area contributed by atoms with Crippen molar-refractivity contribution in [2.45, 2.75) is 142 Å². The van der Waals surface area contributed by atoms with Crippen LogP contribution in [0.4, 0.5) is 0 Å². The molecule has 4 heteroatoms. The lowest BCUT2D eigenvalue weighted by molar-refractivity contribution is -0.144. The van der Waals surface area contributed by atoms with Crippen LogP contribution in [0, 0.1) is 10.8 Å². The lowest BCUT2D eigenvalue weighted by atomic mass is 9.75. The molecule has 0 spiro atoms. The van der Waals surface area contributed by atoms with Crippen LogP contribution in [0.15, 0.2) is 24.3 Å². The highest BCUT2D eigenvalue weighted by atomic mass is 16.4. The van der Waals surface area contributed by atoms with Crippen molar-refractivity contribution in [1.29, 1.82) is 0 Å². The molecular weight excluding hydrogens is 446 g/mol. The first-order valence-corrected chi connectivity index (χ1v) is 14.8. The maximum atomic E-state index is 13.4. The second kappa shape index (κ2) is 13.6. The molecule has 0 aromatic heterocycles. The van der Waals surface area contributed by atoms with Gasteiger partial charge in [-0.1, -0.05) is 109 Å². The summed E-state index contributed by atoms with van der Waals surface area (Å²) in [5.41, 5.74) is 2.14. The minimum Gasteiger partial charge on any atom is -0.480 e. The summed E-state index contributed by atoms with van der Waals surface area (Å²) in [4.78, 5) is 25.5. The highest BCUT2D eigenvalue weighted by Crippen LogP contribution is 2.44. The van der Waals surface area contributed by atoms with Crippen LogP contribution in [0.3, 0.4) is 0 Å². The van der Waals surface area contributed by atoms with Crippen molar-refractivity contribution in [3.63, 3.8) is 0 Å². The van der Waals surface area contributed by atoms with Crippen molar-refractivity contribution in [2.24, 2.45) is 10.8 Å². The van der Waals surface area contributed by atoms with E-state index in [4.69, 9.17) is 0 Å². The standard InChI is InChI=1S/C32H51NO3/c1-31(2,3)22-23-32(20-12-13-21-32)30(36)33-28(29(34)35)24-25-16-18-27(19-17-25)26-14-10-8-6-4-5-7-9-11-15-26/h16-19,26,28H,4-15,20-24H2,1-3H3,(H,33,36)(H,34,35)/t28-/m0/s1. The van der Waals surface area contributed by atoms with Crippen LogP contribution in [0.1, 0.15) is 141 Å². The summed E-state index contributed by atoms with van der Waals surface area (Å²) in [5.74, 6) is -0.386. The zero-order valence-electron chi connectivity index (χ0n) is 23.2. The van der Waals surface area contributed by atoms with Crippen molar-refractivity contribution in [3.8, 4) is 0 Å². The van der Waals surface area contributed by atoms with Crippen LogP contribution < -0.4 is 5.32 Å². The van der Waals surface area contributed by atoms with E-state index < -0.39 is 17.4 Å². The Hall–Kier alpha value is -1.84. The third-order valence-electron chi connectivity index (χ3n) is 8.75. The Kier molecular flexibility index (Phi) is 10.9. The number of hydrogen-bond donors (Lipinski definition) is 2. The molecule has 0 saturated heterocycles. The molecule has 1 amide bonds. The second-order valence-electron chi connectivity index (χ2n) is 13.0. The number of benzene rings is 1. The molecule has 0 unspecified atom stereocenters. The number of carboxylic acid groups (broad SMARTS) is 1. The molecule has 2 N–H and O–H groups in total. The van der Waals surface area contributed by atoms with Crippen molar-refractivity contribution >= 4 is 11.9 Å². The van der Waals surface area contributed by atoms with Gasteiger partial charge in [0.25, 0.3) is 0 Å². The van der Waals surface area contributed by atoms with Gasteiger partial charge in [-0.2, -0.15) is 0 Å². The molecule has 202 valence electrons. The fourth-order valence-corrected chi connectivity index (χ4v) is 6.25. The number of aliphatic carboxylic acids is 1. The van der Waals surface area contributed by atoms with Gasteiger partial charge in [-0.3, -0.25) is 4.79 Å². The summed E-state index contributed by atoms with van der Waals surface area (Å²) in [5, 5.41) is 12.9. The summed E-state index contributed by atoms with van der Waals surface area (Å²) in [6.07, 6.45) is 19.3. The molecule has 0 radical (unpaired) electrons. The SMILES string of the molecule is CC(C)(C)CCC1(C(=O)N[C@@H](Cc2ccc(C3CCCCCCCCCC3)cc2)C(=O)O)CCCC1. The maximum absolute atomic E-state index is 13.4. The van der Waals surface area contributed by atoms with Crippen molar-refractivity contribution in [3.05, 3.63) is 35.4 Å². The van der Waals surface area contributed by atoms with E-state index >= 15 is 0 Å². The van der Waals surface area contributed by atoms with Gasteiger partial charge >= 0.3 is 5.97 Å². The average Bonchev–Trinajstić information content (AvgIpc) is 3.30. The molecular formula is C32H51NO3. The largest absolute Gasteiger partial charge is 0.480 e. The van der Waals surface area contributed by atoms with E-state index in [1.165, 1.54) is 69.8 Å². The lowest BCUT2D eigenvalue weighted by Crippen LogP contribution is -2.49. The smallest absolute Gasteiger partial charge is 0.326 e. The van der Waals surface area contributed by atoms with Gasteiger partial charge in [-0.05, 0) is 61.0 Å². The van der Waals surface area contributed by atoms with Crippen molar-refractivity contribution in [2.75, 3.05) is 0 Å². The number of amides is 1. The topological polar surface area (TPSA) is 66.4 Å².